The van der Waals surface area contributed by atoms with E-state index in [4.69, 9.17) is 50.6 Å². The van der Waals surface area contributed by atoms with Crippen molar-refractivity contribution in [1.82, 2.24) is 0 Å². The lowest BCUT2D eigenvalue weighted by Crippen LogP contribution is -2.06. The summed E-state index contributed by atoms with van der Waals surface area (Å²) in [5, 5.41) is 0.424. The van der Waals surface area contributed by atoms with Gasteiger partial charge in [0.2, 0.25) is 0 Å². The van der Waals surface area contributed by atoms with Gasteiger partial charge in [-0.1, -0.05) is 69.8 Å². The highest BCUT2D eigenvalue weighted by Crippen LogP contribution is 2.52. The summed E-state index contributed by atoms with van der Waals surface area (Å²) < 4.78 is 61.1. The van der Waals surface area contributed by atoms with Crippen LogP contribution in [0.3, 0.4) is 0 Å². The van der Waals surface area contributed by atoms with Crippen LogP contribution in [0, 0.1) is 5.82 Å². The standard InChI is InChI=1S/C28H42ClFO7P2S/c1-4-7-19-32-38(31,36-28-16-11-10-15-26(28)30)33-22-13-12-14-24-17-18-27(25(29)23-24)37-39(40,34-20-8-5-2)35-21-9-6-3/h10-11,15-18,23H,4-9,12-14,19-22H2,1-3H3. The number of hydrogen-bond donors (Lipinski definition) is 0. The van der Waals surface area contributed by atoms with Crippen LogP contribution in [0.1, 0.15) is 77.7 Å². The summed E-state index contributed by atoms with van der Waals surface area (Å²) in [5.74, 6) is -0.373. The minimum atomic E-state index is -3.97. The first-order valence-electron chi connectivity index (χ1n) is 13.9. The summed E-state index contributed by atoms with van der Waals surface area (Å²) in [6.45, 7) is 4.42. The minimum Gasteiger partial charge on any atom is -0.423 e. The van der Waals surface area contributed by atoms with Gasteiger partial charge in [0.05, 0.1) is 31.5 Å². The molecule has 7 nitrogen and oxygen atoms in total. The van der Waals surface area contributed by atoms with E-state index in [9.17, 15) is 8.96 Å². The zero-order valence-corrected chi connectivity index (χ0v) is 27.0. The second-order valence-electron chi connectivity index (χ2n) is 9.12. The van der Waals surface area contributed by atoms with Crippen molar-refractivity contribution in [3.05, 3.63) is 58.9 Å². The first-order valence-corrected chi connectivity index (χ1v) is 18.3. The number of benzene rings is 2. The average Bonchev–Trinajstić information content (AvgIpc) is 2.92. The number of phosphoric ester groups is 1. The molecule has 2 aromatic rings. The molecule has 0 radical (unpaired) electrons. The Balaban J connectivity index is 1.90. The highest BCUT2D eigenvalue weighted by Gasteiger charge is 2.29. The van der Waals surface area contributed by atoms with E-state index in [1.54, 1.807) is 12.1 Å². The zero-order valence-electron chi connectivity index (χ0n) is 23.7. The van der Waals surface area contributed by atoms with Crippen LogP contribution in [-0.4, -0.2) is 26.4 Å². The Morgan fingerprint density at radius 2 is 1.32 bits per heavy atom. The highest BCUT2D eigenvalue weighted by molar-refractivity contribution is 8.07. The molecule has 0 amide bonds. The molecule has 1 unspecified atom stereocenters. The van der Waals surface area contributed by atoms with E-state index in [-0.39, 0.29) is 19.0 Å². The predicted octanol–water partition coefficient (Wildman–Crippen LogP) is 10.1. The maximum atomic E-state index is 14.0. The third kappa shape index (κ3) is 13.3. The van der Waals surface area contributed by atoms with Crippen molar-refractivity contribution in [3.63, 3.8) is 0 Å². The molecule has 2 aromatic carbocycles. The Bertz CT molecular complexity index is 1090. The van der Waals surface area contributed by atoms with Gasteiger partial charge < -0.3 is 9.05 Å². The molecule has 0 aromatic heterocycles. The van der Waals surface area contributed by atoms with Gasteiger partial charge in [-0.25, -0.2) is 8.96 Å². The van der Waals surface area contributed by atoms with Gasteiger partial charge in [0.15, 0.2) is 11.6 Å². The number of unbranched alkanes of at least 4 members (excludes halogenated alkanes) is 4. The first-order chi connectivity index (χ1) is 19.2. The fraction of sp³-hybridized carbons (Fsp3) is 0.571. The summed E-state index contributed by atoms with van der Waals surface area (Å²) in [6, 6.07) is 11.2. The first kappa shape index (κ1) is 35.2. The van der Waals surface area contributed by atoms with Crippen LogP contribution < -0.4 is 9.05 Å². The van der Waals surface area contributed by atoms with Gasteiger partial charge >= 0.3 is 14.5 Å². The third-order valence-electron chi connectivity index (χ3n) is 5.60. The van der Waals surface area contributed by atoms with E-state index in [0.29, 0.717) is 43.2 Å². The Hall–Kier alpha value is -1.02. The molecule has 226 valence electrons. The SMILES string of the molecule is CCCCOP(=O)(OCCCCc1ccc(OP(=S)(OCCCC)OCCCC)c(Cl)c1)Oc1ccccc1F. The molecule has 0 heterocycles. The van der Waals surface area contributed by atoms with Crippen molar-refractivity contribution in [1.29, 1.82) is 0 Å². The molecule has 0 N–H and O–H groups in total. The fourth-order valence-corrected chi connectivity index (χ4v) is 6.83. The number of para-hydroxylation sites is 1. The van der Waals surface area contributed by atoms with Crippen LogP contribution in [0.2, 0.25) is 5.02 Å². The van der Waals surface area contributed by atoms with Gasteiger partial charge in [0.25, 0.3) is 0 Å². The Morgan fingerprint density at radius 1 is 0.750 bits per heavy atom. The largest absolute Gasteiger partial charge is 0.530 e. The van der Waals surface area contributed by atoms with Gasteiger partial charge in [-0.15, -0.1) is 0 Å². The van der Waals surface area contributed by atoms with Gasteiger partial charge in [-0.05, 0) is 68.4 Å². The van der Waals surface area contributed by atoms with Crippen LogP contribution in [0.5, 0.6) is 11.5 Å². The lowest BCUT2D eigenvalue weighted by atomic mass is 10.1. The lowest BCUT2D eigenvalue weighted by Gasteiger charge is -2.23. The van der Waals surface area contributed by atoms with Crippen molar-refractivity contribution >= 4 is 37.9 Å². The van der Waals surface area contributed by atoms with E-state index >= 15 is 0 Å². The molecule has 0 saturated heterocycles. The number of hydrogen-bond acceptors (Lipinski definition) is 8. The normalized spacial score (nSPS) is 13.2. The second kappa shape index (κ2) is 19.2. The number of rotatable bonds is 22. The van der Waals surface area contributed by atoms with E-state index in [1.807, 2.05) is 19.1 Å². The molecule has 0 fully saturated rings. The second-order valence-corrected chi connectivity index (χ2v) is 14.1. The van der Waals surface area contributed by atoms with Crippen LogP contribution in [-0.2, 0) is 40.9 Å². The maximum Gasteiger partial charge on any atom is 0.530 e. The Labute approximate surface area is 248 Å². The third-order valence-corrected chi connectivity index (χ3v) is 9.59. The zero-order chi connectivity index (χ0) is 29.3. The molecule has 0 aliphatic carbocycles. The van der Waals surface area contributed by atoms with Crippen LogP contribution in [0.15, 0.2) is 42.5 Å². The molecule has 0 spiro atoms. The van der Waals surface area contributed by atoms with Crippen molar-refractivity contribution in [2.75, 3.05) is 26.4 Å². The molecule has 0 aliphatic rings. The monoisotopic (exact) mass is 638 g/mol. The number of halogens is 2. The molecule has 40 heavy (non-hydrogen) atoms. The lowest BCUT2D eigenvalue weighted by molar-refractivity contribution is 0.150. The maximum absolute atomic E-state index is 14.0. The molecule has 0 aliphatic heterocycles. The Kier molecular flexibility index (Phi) is 16.9. The smallest absolute Gasteiger partial charge is 0.423 e. The van der Waals surface area contributed by atoms with Crippen molar-refractivity contribution in [2.24, 2.45) is 0 Å². The molecule has 12 heteroatoms. The summed E-state index contributed by atoms with van der Waals surface area (Å²) in [5.41, 5.74) is 0.995. The molecule has 1 atom stereocenters. The van der Waals surface area contributed by atoms with E-state index in [1.165, 1.54) is 18.2 Å². The van der Waals surface area contributed by atoms with Gasteiger partial charge in [-0.2, -0.15) is 0 Å². The van der Waals surface area contributed by atoms with E-state index < -0.39 is 20.4 Å². The minimum absolute atomic E-state index is 0.125. The molecule has 0 saturated carbocycles. The predicted molar refractivity (Wildman–Crippen MR) is 162 cm³/mol. The molecular formula is C28H42ClFO7P2S. The summed E-state index contributed by atoms with van der Waals surface area (Å²) >= 11 is 12.1. The number of aryl methyl sites for hydroxylation is 1. The van der Waals surface area contributed by atoms with Crippen LogP contribution >= 0.6 is 26.1 Å². The summed E-state index contributed by atoms with van der Waals surface area (Å²) in [4.78, 5) is 0. The molecule has 0 bridgehead atoms. The van der Waals surface area contributed by atoms with Crippen LogP contribution in [0.4, 0.5) is 4.39 Å². The van der Waals surface area contributed by atoms with Crippen molar-refractivity contribution in [2.45, 2.75) is 78.6 Å². The summed E-state index contributed by atoms with van der Waals surface area (Å²) in [6.07, 6.45) is 7.22. The topological polar surface area (TPSA) is 72.5 Å². The van der Waals surface area contributed by atoms with Gasteiger partial charge in [0, 0.05) is 11.8 Å². The van der Waals surface area contributed by atoms with Gasteiger partial charge in [0.1, 0.15) is 5.75 Å². The van der Waals surface area contributed by atoms with Crippen LogP contribution in [0.25, 0.3) is 0 Å². The fourth-order valence-electron chi connectivity index (χ4n) is 3.28. The highest BCUT2D eigenvalue weighted by atomic mass is 35.5. The average molecular weight is 639 g/mol. The Morgan fingerprint density at radius 3 is 1.90 bits per heavy atom. The number of phosphoric acid groups is 1. The van der Waals surface area contributed by atoms with Crippen molar-refractivity contribution in [3.8, 4) is 11.5 Å². The van der Waals surface area contributed by atoms with Gasteiger partial charge in [-0.3, -0.25) is 18.1 Å². The molecule has 2 rings (SSSR count). The van der Waals surface area contributed by atoms with E-state index in [2.05, 4.69) is 13.8 Å². The summed E-state index contributed by atoms with van der Waals surface area (Å²) in [7, 11) is -3.97. The van der Waals surface area contributed by atoms with E-state index in [0.717, 1.165) is 44.1 Å². The molecular weight excluding hydrogens is 597 g/mol. The van der Waals surface area contributed by atoms with Crippen molar-refractivity contribution < 1.29 is 36.1 Å². The quantitative estimate of drug-likeness (QED) is 0.0932.